The SMILES string of the molecule is CC1(C)C(NS(=O)(=O)c2ccc(CC(N)=S)cc2)C1(C)C. The topological polar surface area (TPSA) is 72.2 Å². The van der Waals surface area contributed by atoms with Gasteiger partial charge < -0.3 is 5.73 Å². The summed E-state index contributed by atoms with van der Waals surface area (Å²) >= 11 is 4.85. The zero-order valence-electron chi connectivity index (χ0n) is 12.8. The van der Waals surface area contributed by atoms with E-state index in [1.165, 1.54) is 0 Å². The van der Waals surface area contributed by atoms with Gasteiger partial charge in [-0.15, -0.1) is 0 Å². The van der Waals surface area contributed by atoms with Gasteiger partial charge in [0.25, 0.3) is 0 Å². The van der Waals surface area contributed by atoms with Gasteiger partial charge in [-0.3, -0.25) is 0 Å². The number of benzene rings is 1. The standard InChI is InChI=1S/C15H22N2O2S2/c1-14(2)13(15(14,3)4)17-21(18,19)11-7-5-10(6-8-11)9-12(16)20/h5-8,13,17H,9H2,1-4H3,(H2,16,20). The zero-order chi connectivity index (χ0) is 16.1. The van der Waals surface area contributed by atoms with E-state index in [4.69, 9.17) is 18.0 Å². The first kappa shape index (κ1) is 16.4. The molecule has 1 aliphatic rings. The van der Waals surface area contributed by atoms with Crippen molar-refractivity contribution in [2.75, 3.05) is 0 Å². The second-order valence-corrected chi connectivity index (χ2v) is 9.02. The number of hydrogen-bond acceptors (Lipinski definition) is 3. The molecule has 1 aromatic rings. The Morgan fingerprint density at radius 3 is 2.05 bits per heavy atom. The van der Waals surface area contributed by atoms with Crippen molar-refractivity contribution in [3.05, 3.63) is 29.8 Å². The van der Waals surface area contributed by atoms with Crippen LogP contribution < -0.4 is 10.5 Å². The van der Waals surface area contributed by atoms with E-state index < -0.39 is 10.0 Å². The fourth-order valence-electron chi connectivity index (χ4n) is 2.70. The molecule has 1 fully saturated rings. The molecule has 1 aliphatic carbocycles. The third kappa shape index (κ3) is 2.98. The number of rotatable bonds is 5. The fourth-order valence-corrected chi connectivity index (χ4v) is 4.40. The largest absolute Gasteiger partial charge is 0.393 e. The highest BCUT2D eigenvalue weighted by Gasteiger charge is 2.65. The van der Waals surface area contributed by atoms with Crippen molar-refractivity contribution in [3.63, 3.8) is 0 Å². The first-order valence-electron chi connectivity index (χ1n) is 6.88. The quantitative estimate of drug-likeness (QED) is 0.814. The minimum absolute atomic E-state index is 0.0360. The summed E-state index contributed by atoms with van der Waals surface area (Å²) in [5.41, 5.74) is 6.32. The highest BCUT2D eigenvalue weighted by molar-refractivity contribution is 7.89. The summed E-state index contributed by atoms with van der Waals surface area (Å²) in [7, 11) is -3.50. The maximum atomic E-state index is 12.4. The first-order chi connectivity index (χ1) is 9.48. The van der Waals surface area contributed by atoms with Crippen LogP contribution in [0.5, 0.6) is 0 Å². The second-order valence-electron chi connectivity index (χ2n) is 6.78. The lowest BCUT2D eigenvalue weighted by molar-refractivity contribution is 0.457. The molecule has 4 nitrogen and oxygen atoms in total. The van der Waals surface area contributed by atoms with Crippen LogP contribution in [0.1, 0.15) is 33.3 Å². The molecule has 21 heavy (non-hydrogen) atoms. The smallest absolute Gasteiger partial charge is 0.240 e. The maximum absolute atomic E-state index is 12.4. The van der Waals surface area contributed by atoms with E-state index in [1.54, 1.807) is 24.3 Å². The lowest BCUT2D eigenvalue weighted by atomic mass is 10.0. The molecule has 0 aliphatic heterocycles. The highest BCUT2D eigenvalue weighted by Crippen LogP contribution is 2.62. The summed E-state index contributed by atoms with van der Waals surface area (Å²) in [4.78, 5) is 0.665. The van der Waals surface area contributed by atoms with Crippen LogP contribution in [0.15, 0.2) is 29.2 Å². The number of hydrogen-bond donors (Lipinski definition) is 2. The average molecular weight is 326 g/mol. The molecule has 0 spiro atoms. The van der Waals surface area contributed by atoms with Crippen LogP contribution in [0.3, 0.4) is 0 Å². The number of thiocarbonyl (C=S) groups is 1. The Bertz CT molecular complexity index is 647. The summed E-state index contributed by atoms with van der Waals surface area (Å²) in [6, 6.07) is 6.64. The minimum Gasteiger partial charge on any atom is -0.393 e. The normalized spacial score (nSPS) is 20.2. The Hall–Kier alpha value is -0.980. The monoisotopic (exact) mass is 326 g/mol. The van der Waals surface area contributed by atoms with E-state index in [9.17, 15) is 8.42 Å². The van der Waals surface area contributed by atoms with Gasteiger partial charge in [0.1, 0.15) is 0 Å². The fraction of sp³-hybridized carbons (Fsp3) is 0.533. The van der Waals surface area contributed by atoms with E-state index in [0.717, 1.165) is 5.56 Å². The molecule has 0 heterocycles. The molecule has 0 amide bonds. The van der Waals surface area contributed by atoms with Crippen molar-refractivity contribution in [2.45, 2.75) is 45.1 Å². The van der Waals surface area contributed by atoms with Crippen molar-refractivity contribution in [1.29, 1.82) is 0 Å². The van der Waals surface area contributed by atoms with Crippen molar-refractivity contribution in [1.82, 2.24) is 4.72 Å². The van der Waals surface area contributed by atoms with Crippen LogP contribution in [0.4, 0.5) is 0 Å². The Balaban J connectivity index is 2.16. The third-order valence-corrected chi connectivity index (χ3v) is 6.49. The molecule has 116 valence electrons. The Morgan fingerprint density at radius 2 is 1.67 bits per heavy atom. The lowest BCUT2D eigenvalue weighted by Gasteiger charge is -2.09. The van der Waals surface area contributed by atoms with Crippen molar-refractivity contribution in [3.8, 4) is 0 Å². The summed E-state index contributed by atoms with van der Waals surface area (Å²) < 4.78 is 27.7. The number of nitrogens with two attached hydrogens (primary N) is 1. The van der Waals surface area contributed by atoms with E-state index in [-0.39, 0.29) is 21.8 Å². The van der Waals surface area contributed by atoms with Crippen molar-refractivity contribution < 1.29 is 8.42 Å². The Morgan fingerprint density at radius 1 is 1.19 bits per heavy atom. The van der Waals surface area contributed by atoms with Crippen molar-refractivity contribution >= 4 is 27.2 Å². The Labute approximate surface area is 132 Å². The molecule has 0 unspecified atom stereocenters. The van der Waals surface area contributed by atoms with E-state index in [0.29, 0.717) is 11.4 Å². The van der Waals surface area contributed by atoms with E-state index in [1.807, 2.05) is 0 Å². The predicted octanol–water partition coefficient (Wildman–Crippen LogP) is 2.23. The molecule has 1 saturated carbocycles. The van der Waals surface area contributed by atoms with Crippen LogP contribution in [0, 0.1) is 10.8 Å². The molecule has 3 N–H and O–H groups in total. The van der Waals surface area contributed by atoms with Crippen LogP contribution in [0.2, 0.25) is 0 Å². The average Bonchev–Trinajstić information content (AvgIpc) is 2.71. The van der Waals surface area contributed by atoms with Gasteiger partial charge in [0, 0.05) is 12.5 Å². The highest BCUT2D eigenvalue weighted by atomic mass is 32.2. The molecule has 0 radical (unpaired) electrons. The van der Waals surface area contributed by atoms with Crippen LogP contribution in [-0.4, -0.2) is 19.4 Å². The van der Waals surface area contributed by atoms with Gasteiger partial charge in [0.2, 0.25) is 10.0 Å². The Kier molecular flexibility index (Phi) is 3.93. The van der Waals surface area contributed by atoms with Gasteiger partial charge in [0.05, 0.1) is 9.88 Å². The van der Waals surface area contributed by atoms with Gasteiger partial charge in [-0.2, -0.15) is 0 Å². The van der Waals surface area contributed by atoms with Crippen LogP contribution >= 0.6 is 12.2 Å². The van der Waals surface area contributed by atoms with Gasteiger partial charge in [0.15, 0.2) is 0 Å². The lowest BCUT2D eigenvalue weighted by Crippen LogP contribution is -2.29. The van der Waals surface area contributed by atoms with Gasteiger partial charge >= 0.3 is 0 Å². The third-order valence-electron chi connectivity index (χ3n) is 4.91. The number of sulfonamides is 1. The summed E-state index contributed by atoms with van der Waals surface area (Å²) in [6.07, 6.45) is 0.478. The zero-order valence-corrected chi connectivity index (χ0v) is 14.4. The molecular formula is C15H22N2O2S2. The minimum atomic E-state index is -3.50. The molecule has 0 bridgehead atoms. The van der Waals surface area contributed by atoms with E-state index >= 15 is 0 Å². The summed E-state index contributed by atoms with van der Waals surface area (Å²) in [5.74, 6) is 0. The molecule has 6 heteroatoms. The first-order valence-corrected chi connectivity index (χ1v) is 8.77. The van der Waals surface area contributed by atoms with Crippen LogP contribution in [-0.2, 0) is 16.4 Å². The van der Waals surface area contributed by atoms with E-state index in [2.05, 4.69) is 32.4 Å². The number of nitrogens with one attached hydrogen (secondary N) is 1. The van der Waals surface area contributed by atoms with Crippen molar-refractivity contribution in [2.24, 2.45) is 16.6 Å². The molecule has 0 atom stereocenters. The maximum Gasteiger partial charge on any atom is 0.240 e. The van der Waals surface area contributed by atoms with Gasteiger partial charge in [-0.1, -0.05) is 52.0 Å². The van der Waals surface area contributed by atoms with Gasteiger partial charge in [-0.25, -0.2) is 13.1 Å². The molecule has 2 rings (SSSR count). The van der Waals surface area contributed by atoms with Gasteiger partial charge in [-0.05, 0) is 28.5 Å². The molecular weight excluding hydrogens is 304 g/mol. The molecule has 0 aromatic heterocycles. The second kappa shape index (κ2) is 5.04. The van der Waals surface area contributed by atoms with Crippen LogP contribution in [0.25, 0.3) is 0 Å². The predicted molar refractivity (Wildman–Crippen MR) is 88.6 cm³/mol. The molecule has 0 saturated heterocycles. The molecule has 1 aromatic carbocycles. The summed E-state index contributed by atoms with van der Waals surface area (Å²) in [5, 5.41) is 0. The summed E-state index contributed by atoms with van der Waals surface area (Å²) in [6.45, 7) is 8.30.